The van der Waals surface area contributed by atoms with Gasteiger partial charge < -0.3 is 14.6 Å². The molecule has 0 amide bonds. The highest BCUT2D eigenvalue weighted by atomic mass is 16.5. The summed E-state index contributed by atoms with van der Waals surface area (Å²) in [5.41, 5.74) is 2.27. The maximum Gasteiger partial charge on any atom is 0.143 e. The molecule has 0 aromatic heterocycles. The van der Waals surface area contributed by atoms with Gasteiger partial charge in [0.25, 0.3) is 0 Å². The largest absolute Gasteiger partial charge is 0.388 e. The first-order chi connectivity index (χ1) is 21.3. The van der Waals surface area contributed by atoms with Crippen LogP contribution in [0.1, 0.15) is 114 Å². The number of hydrogen-bond donors (Lipinski definition) is 1. The Morgan fingerprint density at radius 1 is 0.558 bits per heavy atom. The van der Waals surface area contributed by atoms with Gasteiger partial charge in [-0.3, -0.25) is 0 Å². The number of benzene rings is 3. The smallest absolute Gasteiger partial charge is 0.143 e. The molecule has 1 atom stereocenters. The van der Waals surface area contributed by atoms with E-state index in [-0.39, 0.29) is 13.2 Å². The van der Waals surface area contributed by atoms with Crippen molar-refractivity contribution in [3.05, 3.63) is 120 Å². The van der Waals surface area contributed by atoms with Crippen molar-refractivity contribution in [3.8, 4) is 0 Å². The van der Waals surface area contributed by atoms with Gasteiger partial charge in [-0.15, -0.1) is 0 Å². The third kappa shape index (κ3) is 12.8. The second-order valence-electron chi connectivity index (χ2n) is 11.8. The van der Waals surface area contributed by atoms with Crippen molar-refractivity contribution < 1.29 is 14.6 Å². The molecule has 0 radical (unpaired) electrons. The molecule has 0 fully saturated rings. The van der Waals surface area contributed by atoms with E-state index >= 15 is 0 Å². The molecule has 3 heteroatoms. The van der Waals surface area contributed by atoms with Crippen LogP contribution < -0.4 is 0 Å². The Kier molecular flexibility index (Phi) is 17.7. The van der Waals surface area contributed by atoms with Crippen LogP contribution in [0, 0.1) is 0 Å². The molecule has 0 aliphatic rings. The highest BCUT2D eigenvalue weighted by Gasteiger charge is 2.38. The molecular weight excluding hydrogens is 528 g/mol. The number of aliphatic hydroxyl groups is 1. The van der Waals surface area contributed by atoms with Crippen LogP contribution in [0.2, 0.25) is 0 Å². The van der Waals surface area contributed by atoms with Gasteiger partial charge in [-0.2, -0.15) is 0 Å². The molecule has 0 saturated carbocycles. The quantitative estimate of drug-likeness (QED) is 0.0647. The van der Waals surface area contributed by atoms with Crippen molar-refractivity contribution in [3.63, 3.8) is 0 Å². The van der Waals surface area contributed by atoms with E-state index in [0.717, 1.165) is 23.1 Å². The Labute approximate surface area is 262 Å². The number of ether oxygens (including phenoxy) is 2. The van der Waals surface area contributed by atoms with Crippen LogP contribution in [0.5, 0.6) is 0 Å². The molecule has 0 heterocycles. The van der Waals surface area contributed by atoms with Gasteiger partial charge in [0.1, 0.15) is 11.7 Å². The lowest BCUT2D eigenvalue weighted by Gasteiger charge is -2.36. The first-order valence-corrected chi connectivity index (χ1v) is 17.0. The van der Waals surface area contributed by atoms with Crippen LogP contribution in [0.15, 0.2) is 103 Å². The maximum atomic E-state index is 10.8. The summed E-state index contributed by atoms with van der Waals surface area (Å²) in [6, 6.07) is 30.8. The first-order valence-electron chi connectivity index (χ1n) is 17.0. The summed E-state index contributed by atoms with van der Waals surface area (Å²) >= 11 is 0. The van der Waals surface area contributed by atoms with Crippen molar-refractivity contribution in [2.75, 3.05) is 19.8 Å². The molecule has 3 aromatic carbocycles. The average Bonchev–Trinajstić information content (AvgIpc) is 3.06. The SMILES string of the molecule is CCCCCCCC/C=C/CCCCCCCCOCC(O)COC(c1ccccc1)(c1ccccc1)c1ccccc1. The molecule has 0 bridgehead atoms. The second kappa shape index (κ2) is 21.9. The van der Waals surface area contributed by atoms with E-state index in [1.807, 2.05) is 54.6 Å². The normalized spacial score (nSPS) is 12.6. The summed E-state index contributed by atoms with van der Waals surface area (Å²) < 4.78 is 12.6. The number of aliphatic hydroxyl groups excluding tert-OH is 1. The van der Waals surface area contributed by atoms with Gasteiger partial charge in [0.05, 0.1) is 13.2 Å². The highest BCUT2D eigenvalue weighted by Crippen LogP contribution is 2.40. The minimum atomic E-state index is -0.825. The van der Waals surface area contributed by atoms with Crippen molar-refractivity contribution in [2.24, 2.45) is 0 Å². The lowest BCUT2D eigenvalue weighted by atomic mass is 9.80. The summed E-state index contributed by atoms with van der Waals surface area (Å²) in [5.74, 6) is 0. The van der Waals surface area contributed by atoms with Crippen molar-refractivity contribution in [2.45, 2.75) is 109 Å². The zero-order valence-electron chi connectivity index (χ0n) is 26.7. The predicted molar refractivity (Wildman–Crippen MR) is 181 cm³/mol. The van der Waals surface area contributed by atoms with Crippen LogP contribution in [0.25, 0.3) is 0 Å². The zero-order chi connectivity index (χ0) is 30.3. The first kappa shape index (κ1) is 34.8. The van der Waals surface area contributed by atoms with Gasteiger partial charge in [-0.1, -0.05) is 168 Å². The fourth-order valence-corrected chi connectivity index (χ4v) is 5.71. The van der Waals surface area contributed by atoms with E-state index in [0.29, 0.717) is 6.61 Å². The van der Waals surface area contributed by atoms with Gasteiger partial charge in [-0.05, 0) is 48.8 Å². The molecule has 234 valence electrons. The van der Waals surface area contributed by atoms with E-state index in [2.05, 4.69) is 55.5 Å². The molecule has 3 nitrogen and oxygen atoms in total. The Bertz CT molecular complexity index is 984. The Morgan fingerprint density at radius 3 is 1.44 bits per heavy atom. The predicted octanol–water partition coefficient (Wildman–Crippen LogP) is 10.4. The van der Waals surface area contributed by atoms with Crippen molar-refractivity contribution in [1.82, 2.24) is 0 Å². The summed E-state index contributed by atoms with van der Waals surface area (Å²) in [6.45, 7) is 3.41. The molecule has 0 aliphatic heterocycles. The monoisotopic (exact) mass is 584 g/mol. The molecule has 3 rings (SSSR count). The van der Waals surface area contributed by atoms with Gasteiger partial charge in [0, 0.05) is 6.61 Å². The third-order valence-corrected chi connectivity index (χ3v) is 8.14. The Balaban J connectivity index is 1.32. The topological polar surface area (TPSA) is 38.7 Å². The van der Waals surface area contributed by atoms with E-state index in [1.54, 1.807) is 0 Å². The molecule has 0 spiro atoms. The van der Waals surface area contributed by atoms with E-state index in [9.17, 15) is 5.11 Å². The van der Waals surface area contributed by atoms with Crippen LogP contribution >= 0.6 is 0 Å². The van der Waals surface area contributed by atoms with E-state index < -0.39 is 11.7 Å². The highest BCUT2D eigenvalue weighted by molar-refractivity contribution is 5.47. The number of unbranched alkanes of at least 4 members (excludes halogenated alkanes) is 12. The number of rotatable bonds is 24. The Hall–Kier alpha value is -2.72. The summed E-state index contributed by atoms with van der Waals surface area (Å²) in [5, 5.41) is 10.8. The molecule has 43 heavy (non-hydrogen) atoms. The minimum Gasteiger partial charge on any atom is -0.388 e. The number of hydrogen-bond acceptors (Lipinski definition) is 3. The summed E-state index contributed by atoms with van der Waals surface area (Å²) in [6.07, 6.45) is 22.2. The van der Waals surface area contributed by atoms with E-state index in [4.69, 9.17) is 9.47 Å². The lowest BCUT2D eigenvalue weighted by molar-refractivity contribution is -0.0641. The van der Waals surface area contributed by atoms with Crippen LogP contribution in [-0.4, -0.2) is 31.0 Å². The van der Waals surface area contributed by atoms with Crippen LogP contribution in [0.3, 0.4) is 0 Å². The number of allylic oxidation sites excluding steroid dienone is 2. The molecule has 3 aromatic rings. The van der Waals surface area contributed by atoms with Gasteiger partial charge in [0.15, 0.2) is 0 Å². The molecule has 1 N–H and O–H groups in total. The lowest BCUT2D eigenvalue weighted by Crippen LogP contribution is -2.36. The van der Waals surface area contributed by atoms with Crippen molar-refractivity contribution in [1.29, 1.82) is 0 Å². The molecule has 0 aliphatic carbocycles. The molecule has 1 unspecified atom stereocenters. The van der Waals surface area contributed by atoms with Gasteiger partial charge in [0.2, 0.25) is 0 Å². The zero-order valence-corrected chi connectivity index (χ0v) is 26.7. The summed E-state index contributed by atoms with van der Waals surface area (Å²) in [7, 11) is 0. The minimum absolute atomic E-state index is 0.173. The second-order valence-corrected chi connectivity index (χ2v) is 11.8. The molecule has 0 saturated heterocycles. The fraction of sp³-hybridized carbons (Fsp3) is 0.500. The summed E-state index contributed by atoms with van der Waals surface area (Å²) in [4.78, 5) is 0. The van der Waals surface area contributed by atoms with E-state index in [1.165, 1.54) is 83.5 Å². The average molecular weight is 585 g/mol. The fourth-order valence-electron chi connectivity index (χ4n) is 5.71. The standard InChI is InChI=1S/C40H56O3/c1-2-3-4-5-6-7-8-9-10-11-12-13-14-15-16-26-33-42-34-39(41)35-43-40(36-27-20-17-21-28-36,37-29-22-18-23-30-37)38-31-24-19-25-32-38/h9-10,17-25,27-32,39,41H,2-8,11-16,26,33-35H2,1H3/b10-9+. The van der Waals surface area contributed by atoms with Crippen molar-refractivity contribution >= 4 is 0 Å². The van der Waals surface area contributed by atoms with Gasteiger partial charge in [-0.25, -0.2) is 0 Å². The maximum absolute atomic E-state index is 10.8. The Morgan fingerprint density at radius 2 is 0.977 bits per heavy atom. The van der Waals surface area contributed by atoms with Crippen LogP contribution in [-0.2, 0) is 15.1 Å². The molecular formula is C40H56O3. The van der Waals surface area contributed by atoms with Crippen LogP contribution in [0.4, 0.5) is 0 Å². The third-order valence-electron chi connectivity index (χ3n) is 8.14. The van der Waals surface area contributed by atoms with Gasteiger partial charge >= 0.3 is 0 Å².